The van der Waals surface area contributed by atoms with Crippen LogP contribution in [0.1, 0.15) is 13.8 Å². The highest BCUT2D eigenvalue weighted by atomic mass is 16.5. The van der Waals surface area contributed by atoms with E-state index in [1.54, 1.807) is 0 Å². The van der Waals surface area contributed by atoms with Gasteiger partial charge in [-0.2, -0.15) is 0 Å². The Morgan fingerprint density at radius 1 is 1.43 bits per heavy atom. The first-order chi connectivity index (χ1) is 6.61. The average Bonchev–Trinajstić information content (AvgIpc) is 2.01. The van der Waals surface area contributed by atoms with Gasteiger partial charge in [-0.3, -0.25) is 4.90 Å². The molecule has 3 nitrogen and oxygen atoms in total. The lowest BCUT2D eigenvalue weighted by Crippen LogP contribution is -2.46. The van der Waals surface area contributed by atoms with Gasteiger partial charge in [-0.15, -0.1) is 0 Å². The Bertz CT molecular complexity index is 184. The molecule has 2 unspecified atom stereocenters. The molecule has 1 N–H and O–H groups in total. The van der Waals surface area contributed by atoms with Crippen LogP contribution in [0.15, 0.2) is 12.2 Å². The second-order valence-corrected chi connectivity index (χ2v) is 4.23. The lowest BCUT2D eigenvalue weighted by atomic mass is 10.2. The minimum absolute atomic E-state index is 0.348. The fourth-order valence-electron chi connectivity index (χ4n) is 2.04. The van der Waals surface area contributed by atoms with Crippen LogP contribution in [-0.2, 0) is 4.74 Å². The first kappa shape index (κ1) is 11.7. The van der Waals surface area contributed by atoms with E-state index in [1.165, 1.54) is 5.57 Å². The second kappa shape index (κ2) is 5.49. The number of nitrogens with zero attached hydrogens (tertiary/aromatic N) is 1. The first-order valence-electron chi connectivity index (χ1n) is 5.31. The highest BCUT2D eigenvalue weighted by Gasteiger charge is 2.21. The standard InChI is InChI=1S/C11H22N2O/c1-9(5-12-4)6-13-7-10(2)14-11(3)8-13/h10-12H,1,5-8H2,2-4H3. The molecule has 2 atom stereocenters. The molecule has 0 aromatic carbocycles. The topological polar surface area (TPSA) is 24.5 Å². The molecule has 82 valence electrons. The molecule has 0 radical (unpaired) electrons. The van der Waals surface area contributed by atoms with Crippen molar-refractivity contribution in [3.63, 3.8) is 0 Å². The van der Waals surface area contributed by atoms with E-state index in [1.807, 2.05) is 7.05 Å². The van der Waals surface area contributed by atoms with Crippen molar-refractivity contribution in [2.24, 2.45) is 0 Å². The normalized spacial score (nSPS) is 29.1. The van der Waals surface area contributed by atoms with E-state index in [0.29, 0.717) is 12.2 Å². The first-order valence-corrected chi connectivity index (χ1v) is 5.31. The van der Waals surface area contributed by atoms with Crippen molar-refractivity contribution in [1.29, 1.82) is 0 Å². The zero-order valence-electron chi connectivity index (χ0n) is 9.55. The zero-order chi connectivity index (χ0) is 10.6. The number of nitrogens with one attached hydrogen (secondary N) is 1. The number of morpholine rings is 1. The van der Waals surface area contributed by atoms with Crippen LogP contribution in [0, 0.1) is 0 Å². The predicted octanol–water partition coefficient (Wildman–Crippen LogP) is 0.871. The molecule has 0 bridgehead atoms. The summed E-state index contributed by atoms with van der Waals surface area (Å²) in [6.07, 6.45) is 0.697. The van der Waals surface area contributed by atoms with Gasteiger partial charge in [0.1, 0.15) is 0 Å². The smallest absolute Gasteiger partial charge is 0.0678 e. The summed E-state index contributed by atoms with van der Waals surface area (Å²) in [7, 11) is 1.95. The zero-order valence-corrected chi connectivity index (χ0v) is 9.55. The van der Waals surface area contributed by atoms with Crippen LogP contribution in [0.4, 0.5) is 0 Å². The van der Waals surface area contributed by atoms with Gasteiger partial charge in [-0.1, -0.05) is 6.58 Å². The second-order valence-electron chi connectivity index (χ2n) is 4.23. The third kappa shape index (κ3) is 3.78. The van der Waals surface area contributed by atoms with Gasteiger partial charge in [0.15, 0.2) is 0 Å². The summed E-state index contributed by atoms with van der Waals surface area (Å²) in [5, 5.41) is 3.12. The van der Waals surface area contributed by atoms with Crippen LogP contribution in [0.2, 0.25) is 0 Å². The number of likely N-dealkylation sites (N-methyl/N-ethyl adjacent to an activating group) is 1. The van der Waals surface area contributed by atoms with Crippen molar-refractivity contribution < 1.29 is 4.74 Å². The average molecular weight is 198 g/mol. The molecule has 0 aliphatic carbocycles. The minimum atomic E-state index is 0.348. The van der Waals surface area contributed by atoms with Crippen molar-refractivity contribution in [2.45, 2.75) is 26.1 Å². The highest BCUT2D eigenvalue weighted by Crippen LogP contribution is 2.11. The summed E-state index contributed by atoms with van der Waals surface area (Å²) in [6, 6.07) is 0. The van der Waals surface area contributed by atoms with Crippen LogP contribution >= 0.6 is 0 Å². The minimum Gasteiger partial charge on any atom is -0.373 e. The van der Waals surface area contributed by atoms with E-state index in [9.17, 15) is 0 Å². The molecule has 0 spiro atoms. The molecule has 1 saturated heterocycles. The van der Waals surface area contributed by atoms with Crippen LogP contribution < -0.4 is 5.32 Å². The van der Waals surface area contributed by atoms with Gasteiger partial charge in [0.25, 0.3) is 0 Å². The molecule has 1 heterocycles. The Labute approximate surface area is 87.1 Å². The summed E-state index contributed by atoms with van der Waals surface area (Å²) in [6.45, 7) is 12.2. The van der Waals surface area contributed by atoms with Crippen molar-refractivity contribution in [2.75, 3.05) is 33.2 Å². The van der Waals surface area contributed by atoms with Gasteiger partial charge in [-0.05, 0) is 26.5 Å². The van der Waals surface area contributed by atoms with Gasteiger partial charge in [0.05, 0.1) is 12.2 Å². The lowest BCUT2D eigenvalue weighted by Gasteiger charge is -2.35. The highest BCUT2D eigenvalue weighted by molar-refractivity contribution is 5.00. The largest absolute Gasteiger partial charge is 0.373 e. The Morgan fingerprint density at radius 3 is 2.50 bits per heavy atom. The number of ether oxygens (including phenoxy) is 1. The maximum absolute atomic E-state index is 5.67. The van der Waals surface area contributed by atoms with Crippen LogP contribution in [0.25, 0.3) is 0 Å². The molecule has 0 aromatic rings. The summed E-state index contributed by atoms with van der Waals surface area (Å²) in [5.74, 6) is 0. The van der Waals surface area contributed by atoms with Gasteiger partial charge in [-0.25, -0.2) is 0 Å². The molecule has 1 rings (SSSR count). The predicted molar refractivity (Wildman–Crippen MR) is 59.5 cm³/mol. The third-order valence-corrected chi connectivity index (χ3v) is 2.37. The van der Waals surface area contributed by atoms with Gasteiger partial charge in [0.2, 0.25) is 0 Å². The third-order valence-electron chi connectivity index (χ3n) is 2.37. The van der Waals surface area contributed by atoms with Crippen molar-refractivity contribution in [3.05, 3.63) is 12.2 Å². The molecule has 0 amide bonds. The molecular weight excluding hydrogens is 176 g/mol. The van der Waals surface area contributed by atoms with Crippen molar-refractivity contribution >= 4 is 0 Å². The van der Waals surface area contributed by atoms with E-state index in [-0.39, 0.29) is 0 Å². The van der Waals surface area contributed by atoms with E-state index in [0.717, 1.165) is 26.2 Å². The molecule has 14 heavy (non-hydrogen) atoms. The van der Waals surface area contributed by atoms with E-state index in [4.69, 9.17) is 4.74 Å². The van der Waals surface area contributed by atoms with Gasteiger partial charge in [0, 0.05) is 26.2 Å². The Morgan fingerprint density at radius 2 is 2.00 bits per heavy atom. The van der Waals surface area contributed by atoms with Crippen LogP contribution in [0.5, 0.6) is 0 Å². The lowest BCUT2D eigenvalue weighted by molar-refractivity contribution is -0.0653. The molecular formula is C11H22N2O. The molecule has 0 saturated carbocycles. The summed E-state index contributed by atoms with van der Waals surface area (Å²) < 4.78 is 5.67. The number of rotatable bonds is 4. The maximum atomic E-state index is 5.67. The van der Waals surface area contributed by atoms with Crippen molar-refractivity contribution in [3.8, 4) is 0 Å². The molecule has 1 aliphatic heterocycles. The number of hydrogen-bond acceptors (Lipinski definition) is 3. The van der Waals surface area contributed by atoms with Crippen LogP contribution in [-0.4, -0.2) is 50.3 Å². The fourth-order valence-corrected chi connectivity index (χ4v) is 2.04. The van der Waals surface area contributed by atoms with Gasteiger partial charge >= 0.3 is 0 Å². The molecule has 1 fully saturated rings. The van der Waals surface area contributed by atoms with E-state index < -0.39 is 0 Å². The summed E-state index contributed by atoms with van der Waals surface area (Å²) in [5.41, 5.74) is 1.24. The molecule has 0 aromatic heterocycles. The Balaban J connectivity index is 2.33. The van der Waals surface area contributed by atoms with E-state index in [2.05, 4.69) is 30.6 Å². The van der Waals surface area contributed by atoms with Crippen LogP contribution in [0.3, 0.4) is 0 Å². The Kier molecular flexibility index (Phi) is 4.58. The summed E-state index contributed by atoms with van der Waals surface area (Å²) >= 11 is 0. The number of hydrogen-bond donors (Lipinski definition) is 1. The summed E-state index contributed by atoms with van der Waals surface area (Å²) in [4.78, 5) is 2.42. The monoisotopic (exact) mass is 198 g/mol. The van der Waals surface area contributed by atoms with Crippen molar-refractivity contribution in [1.82, 2.24) is 10.2 Å². The maximum Gasteiger partial charge on any atom is 0.0678 e. The SMILES string of the molecule is C=C(CNC)CN1CC(C)OC(C)C1. The molecule has 1 aliphatic rings. The quantitative estimate of drug-likeness (QED) is 0.678. The Hall–Kier alpha value is -0.380. The molecule has 3 heteroatoms. The van der Waals surface area contributed by atoms with E-state index >= 15 is 0 Å². The van der Waals surface area contributed by atoms with Gasteiger partial charge < -0.3 is 10.1 Å². The fraction of sp³-hybridized carbons (Fsp3) is 0.818.